The summed E-state index contributed by atoms with van der Waals surface area (Å²) in [6.07, 6.45) is 0.168. The second-order valence-corrected chi connectivity index (χ2v) is 7.98. The van der Waals surface area contributed by atoms with Gasteiger partial charge in [-0.05, 0) is 48.0 Å². The number of rotatable bonds is 4. The summed E-state index contributed by atoms with van der Waals surface area (Å²) >= 11 is 0. The highest BCUT2D eigenvalue weighted by atomic mass is 32.2. The Bertz CT molecular complexity index is 1020. The first-order valence-corrected chi connectivity index (χ1v) is 9.84. The van der Waals surface area contributed by atoms with Gasteiger partial charge in [0.1, 0.15) is 6.61 Å². The Morgan fingerprint density at radius 1 is 1.07 bits per heavy atom. The van der Waals surface area contributed by atoms with Crippen molar-refractivity contribution in [2.24, 2.45) is 0 Å². The lowest BCUT2D eigenvalue weighted by molar-refractivity contribution is -0.125. The van der Waals surface area contributed by atoms with Gasteiger partial charge in [0.05, 0.1) is 17.9 Å². The van der Waals surface area contributed by atoms with E-state index in [0.29, 0.717) is 35.8 Å². The van der Waals surface area contributed by atoms with Crippen LogP contribution in [0.3, 0.4) is 0 Å². The number of nitrogens with zero attached hydrogens (tertiary/aromatic N) is 1. The van der Waals surface area contributed by atoms with Crippen LogP contribution in [0.25, 0.3) is 0 Å². The smallest absolute Gasteiger partial charge is 0.261 e. The van der Waals surface area contributed by atoms with Crippen LogP contribution in [-0.2, 0) is 30.8 Å². The van der Waals surface area contributed by atoms with Crippen LogP contribution in [0, 0.1) is 0 Å². The molecule has 8 nitrogen and oxygen atoms in total. The lowest BCUT2D eigenvalue weighted by Crippen LogP contribution is -2.41. The molecule has 2 N–H and O–H groups in total. The van der Waals surface area contributed by atoms with E-state index in [4.69, 9.17) is 4.74 Å². The summed E-state index contributed by atoms with van der Waals surface area (Å²) in [6.45, 7) is 0.978. The molecule has 4 rings (SSSR count). The van der Waals surface area contributed by atoms with Gasteiger partial charge in [-0.25, -0.2) is 8.42 Å². The molecule has 0 bridgehead atoms. The quantitative estimate of drug-likeness (QED) is 0.824. The molecule has 2 aromatic rings. The van der Waals surface area contributed by atoms with Crippen molar-refractivity contribution in [1.82, 2.24) is 0 Å². The summed E-state index contributed by atoms with van der Waals surface area (Å²) in [7, 11) is -3.79. The minimum Gasteiger partial charge on any atom is -0.370 e. The molecule has 2 amide bonds. The molecule has 0 aromatic heterocycles. The first-order chi connectivity index (χ1) is 12.9. The molecule has 0 atom stereocenters. The molecule has 0 aliphatic carbocycles. The van der Waals surface area contributed by atoms with Crippen LogP contribution in [0.5, 0.6) is 0 Å². The zero-order valence-electron chi connectivity index (χ0n) is 14.3. The Labute approximate surface area is 156 Å². The molecule has 2 heterocycles. The Morgan fingerprint density at radius 2 is 1.85 bits per heavy atom. The second kappa shape index (κ2) is 6.67. The predicted octanol–water partition coefficient (Wildman–Crippen LogP) is 1.35. The molecule has 2 aliphatic heterocycles. The normalized spacial score (nSPS) is 16.8. The topological polar surface area (TPSA) is 105 Å². The van der Waals surface area contributed by atoms with E-state index in [9.17, 15) is 18.0 Å². The SMILES string of the molecule is O=C1Cc2cc(S(=O)(=O)Nc3ccc(N4CCOCC4=O)cc3)ccc2N1. The van der Waals surface area contributed by atoms with Gasteiger partial charge in [-0.1, -0.05) is 0 Å². The van der Waals surface area contributed by atoms with E-state index in [1.807, 2.05) is 0 Å². The lowest BCUT2D eigenvalue weighted by atomic mass is 10.2. The average Bonchev–Trinajstić information content (AvgIpc) is 3.02. The van der Waals surface area contributed by atoms with Gasteiger partial charge in [-0.15, -0.1) is 0 Å². The number of carbonyl (C=O) groups excluding carboxylic acids is 2. The summed E-state index contributed by atoms with van der Waals surface area (Å²) in [5.74, 6) is -0.281. The third kappa shape index (κ3) is 3.51. The van der Waals surface area contributed by atoms with Crippen LogP contribution in [0.4, 0.5) is 17.1 Å². The van der Waals surface area contributed by atoms with Gasteiger partial charge in [0.2, 0.25) is 5.91 Å². The monoisotopic (exact) mass is 387 g/mol. The number of sulfonamides is 1. The zero-order valence-corrected chi connectivity index (χ0v) is 15.1. The molecule has 0 spiro atoms. The fourth-order valence-corrected chi connectivity index (χ4v) is 4.20. The fourth-order valence-electron chi connectivity index (χ4n) is 3.09. The minimum atomic E-state index is -3.79. The number of morpholine rings is 1. The van der Waals surface area contributed by atoms with Gasteiger partial charge >= 0.3 is 0 Å². The van der Waals surface area contributed by atoms with E-state index in [1.54, 1.807) is 35.2 Å². The van der Waals surface area contributed by atoms with Crippen LogP contribution in [-0.4, -0.2) is 40.0 Å². The van der Waals surface area contributed by atoms with Gasteiger partial charge in [-0.2, -0.15) is 0 Å². The summed E-state index contributed by atoms with van der Waals surface area (Å²) < 4.78 is 32.9. The Kier molecular flexibility index (Phi) is 4.33. The van der Waals surface area contributed by atoms with Gasteiger partial charge < -0.3 is 15.0 Å². The van der Waals surface area contributed by atoms with E-state index in [2.05, 4.69) is 10.0 Å². The molecule has 9 heteroatoms. The van der Waals surface area contributed by atoms with Crippen molar-refractivity contribution >= 4 is 38.9 Å². The molecular formula is C18H17N3O5S. The fraction of sp³-hybridized carbons (Fsp3) is 0.222. The third-order valence-corrected chi connectivity index (χ3v) is 5.81. The first kappa shape index (κ1) is 17.5. The maximum absolute atomic E-state index is 12.6. The van der Waals surface area contributed by atoms with Gasteiger partial charge in [0, 0.05) is 23.6 Å². The number of fused-ring (bicyclic) bond motifs is 1. The summed E-state index contributed by atoms with van der Waals surface area (Å²) in [6, 6.07) is 11.1. The van der Waals surface area contributed by atoms with Crippen LogP contribution < -0.4 is 14.9 Å². The predicted molar refractivity (Wildman–Crippen MR) is 99.2 cm³/mol. The number of ether oxygens (including phenoxy) is 1. The molecular weight excluding hydrogens is 370 g/mol. The van der Waals surface area contributed by atoms with Crippen LogP contribution in [0.2, 0.25) is 0 Å². The molecule has 140 valence electrons. The molecule has 0 unspecified atom stereocenters. The van der Waals surface area contributed by atoms with Crippen molar-refractivity contribution in [1.29, 1.82) is 0 Å². The van der Waals surface area contributed by atoms with Gasteiger partial charge in [0.15, 0.2) is 0 Å². The Balaban J connectivity index is 1.52. The summed E-state index contributed by atoms with van der Waals surface area (Å²) in [5, 5.41) is 2.67. The number of nitrogens with one attached hydrogen (secondary N) is 2. The van der Waals surface area contributed by atoms with Crippen molar-refractivity contribution in [2.75, 3.05) is 34.7 Å². The average molecular weight is 387 g/mol. The van der Waals surface area contributed by atoms with E-state index in [0.717, 1.165) is 0 Å². The number of benzene rings is 2. The highest BCUT2D eigenvalue weighted by Crippen LogP contribution is 2.27. The third-order valence-electron chi connectivity index (χ3n) is 4.43. The number of carbonyl (C=O) groups is 2. The van der Waals surface area contributed by atoms with Gasteiger partial charge in [0.25, 0.3) is 15.9 Å². The highest BCUT2D eigenvalue weighted by Gasteiger charge is 2.23. The van der Waals surface area contributed by atoms with E-state index < -0.39 is 10.0 Å². The van der Waals surface area contributed by atoms with Crippen LogP contribution >= 0.6 is 0 Å². The molecule has 0 saturated carbocycles. The first-order valence-electron chi connectivity index (χ1n) is 8.36. The van der Waals surface area contributed by atoms with E-state index in [-0.39, 0.29) is 29.7 Å². The maximum atomic E-state index is 12.6. The zero-order chi connectivity index (χ0) is 19.0. The lowest BCUT2D eigenvalue weighted by Gasteiger charge is -2.26. The molecule has 0 radical (unpaired) electrons. The van der Waals surface area contributed by atoms with Gasteiger partial charge in [-0.3, -0.25) is 14.3 Å². The summed E-state index contributed by atoms with van der Waals surface area (Å²) in [5.41, 5.74) is 2.37. The van der Waals surface area contributed by atoms with E-state index >= 15 is 0 Å². The molecule has 1 saturated heterocycles. The minimum absolute atomic E-state index is 0.0457. The standard InChI is InChI=1S/C18H17N3O5S/c22-17-10-12-9-15(5-6-16(12)19-17)27(24,25)20-13-1-3-14(4-2-13)21-7-8-26-11-18(21)23/h1-6,9,20H,7-8,10-11H2,(H,19,22). The van der Waals surface area contributed by atoms with E-state index in [1.165, 1.54) is 12.1 Å². The summed E-state index contributed by atoms with van der Waals surface area (Å²) in [4.78, 5) is 25.0. The Morgan fingerprint density at radius 3 is 2.59 bits per heavy atom. The second-order valence-electron chi connectivity index (χ2n) is 6.29. The molecule has 27 heavy (non-hydrogen) atoms. The maximum Gasteiger partial charge on any atom is 0.261 e. The molecule has 2 aromatic carbocycles. The van der Waals surface area contributed by atoms with Crippen LogP contribution in [0.1, 0.15) is 5.56 Å². The van der Waals surface area contributed by atoms with Crippen molar-refractivity contribution in [3.05, 3.63) is 48.0 Å². The number of hydrogen-bond acceptors (Lipinski definition) is 5. The number of hydrogen-bond donors (Lipinski definition) is 2. The number of amides is 2. The van der Waals surface area contributed by atoms with Crippen molar-refractivity contribution < 1.29 is 22.7 Å². The highest BCUT2D eigenvalue weighted by molar-refractivity contribution is 7.92. The number of anilines is 3. The largest absolute Gasteiger partial charge is 0.370 e. The molecule has 1 fully saturated rings. The van der Waals surface area contributed by atoms with Crippen LogP contribution in [0.15, 0.2) is 47.4 Å². The van der Waals surface area contributed by atoms with Crippen molar-refractivity contribution in [3.8, 4) is 0 Å². The molecule has 2 aliphatic rings. The van der Waals surface area contributed by atoms with Crippen molar-refractivity contribution in [2.45, 2.75) is 11.3 Å². The Hall–Kier alpha value is -2.91. The van der Waals surface area contributed by atoms with Crippen molar-refractivity contribution in [3.63, 3.8) is 0 Å².